The van der Waals surface area contributed by atoms with Crippen molar-refractivity contribution in [3.8, 4) is 0 Å². The lowest BCUT2D eigenvalue weighted by Gasteiger charge is -2.09. The Morgan fingerprint density at radius 3 is 2.19 bits per heavy atom. The highest BCUT2D eigenvalue weighted by Crippen LogP contribution is 2.24. The molecule has 0 bridgehead atoms. The van der Waals surface area contributed by atoms with Gasteiger partial charge < -0.3 is 25.5 Å². The maximum atomic E-state index is 9.71. The molecule has 90 valence electrons. The highest BCUT2D eigenvalue weighted by atomic mass is 16.6. The van der Waals surface area contributed by atoms with Crippen molar-refractivity contribution in [1.82, 2.24) is 0 Å². The molecule has 0 spiro atoms. The van der Waals surface area contributed by atoms with Gasteiger partial charge in [0.1, 0.15) is 12.2 Å². The van der Waals surface area contributed by atoms with Gasteiger partial charge in [-0.15, -0.1) is 0 Å². The van der Waals surface area contributed by atoms with Crippen molar-refractivity contribution in [2.75, 3.05) is 6.61 Å². The molecule has 4 atom stereocenters. The monoisotopic (exact) mass is 229 g/mol. The van der Waals surface area contributed by atoms with Crippen molar-refractivity contribution in [3.63, 3.8) is 0 Å². The Hall–Kier alpha value is -1.05. The van der Waals surface area contributed by atoms with Crippen molar-refractivity contribution in [2.24, 2.45) is 0 Å². The van der Waals surface area contributed by atoms with E-state index in [4.69, 9.17) is 9.84 Å². The minimum atomic E-state index is -1.05. The first-order valence-electron chi connectivity index (χ1n) is 4.82. The maximum absolute atomic E-state index is 9.71. The van der Waals surface area contributed by atoms with Crippen LogP contribution in [0.15, 0.2) is 30.6 Å². The Bertz CT molecular complexity index is 320. The molecule has 1 aliphatic heterocycles. The van der Waals surface area contributed by atoms with Gasteiger partial charge in [-0.25, -0.2) is 0 Å². The average Bonchev–Trinajstić information content (AvgIpc) is 2.57. The number of hydrogen-bond acceptors (Lipinski definition) is 5. The molecule has 0 saturated carbocycles. The molecule has 1 aromatic heterocycles. The van der Waals surface area contributed by atoms with Gasteiger partial charge in [-0.2, -0.15) is 4.57 Å². The molecule has 1 saturated heterocycles. The molecule has 0 radical (unpaired) electrons. The van der Waals surface area contributed by atoms with Crippen LogP contribution in [0.1, 0.15) is 6.23 Å². The summed E-state index contributed by atoms with van der Waals surface area (Å²) in [5.74, 6) is 0. The predicted octanol–water partition coefficient (Wildman–Crippen LogP) is -1.59. The smallest absolute Gasteiger partial charge is 0.292 e. The minimum absolute atomic E-state index is 0. The Morgan fingerprint density at radius 1 is 1.06 bits per heavy atom. The zero-order chi connectivity index (χ0) is 10.8. The van der Waals surface area contributed by atoms with E-state index in [-0.39, 0.29) is 12.1 Å². The van der Waals surface area contributed by atoms with Crippen molar-refractivity contribution in [3.05, 3.63) is 30.6 Å². The molecule has 0 aromatic carbocycles. The van der Waals surface area contributed by atoms with E-state index < -0.39 is 24.5 Å². The lowest BCUT2D eigenvalue weighted by molar-refractivity contribution is -0.765. The van der Waals surface area contributed by atoms with Crippen LogP contribution in [0.3, 0.4) is 0 Å². The molecule has 6 heteroatoms. The van der Waals surface area contributed by atoms with E-state index in [9.17, 15) is 10.2 Å². The lowest BCUT2D eigenvalue weighted by atomic mass is 10.1. The van der Waals surface area contributed by atoms with Crippen LogP contribution < -0.4 is 4.57 Å². The van der Waals surface area contributed by atoms with Crippen LogP contribution in [0.2, 0.25) is 0 Å². The number of pyridine rings is 1. The first-order chi connectivity index (χ1) is 7.24. The fraction of sp³-hybridized carbons (Fsp3) is 0.500. The van der Waals surface area contributed by atoms with Gasteiger partial charge >= 0.3 is 0 Å². The Kier molecular flexibility index (Phi) is 4.34. The number of aliphatic hydroxyl groups excluding tert-OH is 3. The molecular weight excluding hydrogens is 214 g/mol. The van der Waals surface area contributed by atoms with Gasteiger partial charge in [-0.1, -0.05) is 6.07 Å². The quantitative estimate of drug-likeness (QED) is 0.530. The Morgan fingerprint density at radius 2 is 1.69 bits per heavy atom. The number of nitrogens with zero attached hydrogens (tertiary/aromatic N) is 1. The Labute approximate surface area is 92.7 Å². The van der Waals surface area contributed by atoms with Crippen LogP contribution in [0.25, 0.3) is 0 Å². The topological polar surface area (TPSA) is 104 Å². The number of rotatable bonds is 2. The third kappa shape index (κ3) is 2.21. The third-order valence-corrected chi connectivity index (χ3v) is 2.55. The first kappa shape index (κ1) is 13.0. The fourth-order valence-corrected chi connectivity index (χ4v) is 1.71. The number of ether oxygens (including phenoxy) is 1. The van der Waals surface area contributed by atoms with Crippen LogP contribution in [-0.4, -0.2) is 45.7 Å². The zero-order valence-electron chi connectivity index (χ0n) is 8.55. The fourth-order valence-electron chi connectivity index (χ4n) is 1.71. The molecule has 0 aliphatic carbocycles. The summed E-state index contributed by atoms with van der Waals surface area (Å²) in [6, 6.07) is 5.45. The van der Waals surface area contributed by atoms with E-state index in [2.05, 4.69) is 0 Å². The van der Waals surface area contributed by atoms with Crippen molar-refractivity contribution in [2.45, 2.75) is 24.5 Å². The summed E-state index contributed by atoms with van der Waals surface area (Å²) in [5.41, 5.74) is 0. The van der Waals surface area contributed by atoms with Crippen LogP contribution in [-0.2, 0) is 4.74 Å². The Balaban J connectivity index is 0.00000128. The van der Waals surface area contributed by atoms with Gasteiger partial charge in [-0.05, 0) is 0 Å². The largest absolute Gasteiger partial charge is 0.870 e. The van der Waals surface area contributed by atoms with Gasteiger partial charge in [0.05, 0.1) is 6.61 Å². The molecule has 2 rings (SSSR count). The van der Waals surface area contributed by atoms with E-state index >= 15 is 0 Å². The van der Waals surface area contributed by atoms with Crippen LogP contribution in [0.4, 0.5) is 0 Å². The lowest BCUT2D eigenvalue weighted by Crippen LogP contribution is -2.45. The zero-order valence-corrected chi connectivity index (χ0v) is 8.55. The number of aromatic nitrogens is 1. The van der Waals surface area contributed by atoms with Crippen molar-refractivity contribution in [1.29, 1.82) is 0 Å². The summed E-state index contributed by atoms with van der Waals surface area (Å²) in [5, 5.41) is 28.2. The minimum Gasteiger partial charge on any atom is -0.870 e. The summed E-state index contributed by atoms with van der Waals surface area (Å²) in [6.45, 7) is -0.303. The van der Waals surface area contributed by atoms with E-state index in [1.165, 1.54) is 0 Å². The molecular formula is C10H15NO5. The summed E-state index contributed by atoms with van der Waals surface area (Å²) in [4.78, 5) is 0. The van der Waals surface area contributed by atoms with Crippen molar-refractivity contribution >= 4 is 0 Å². The number of hydrogen-bond donors (Lipinski definition) is 3. The predicted molar refractivity (Wildman–Crippen MR) is 51.6 cm³/mol. The second-order valence-corrected chi connectivity index (χ2v) is 3.55. The van der Waals surface area contributed by atoms with Gasteiger partial charge in [0, 0.05) is 12.1 Å². The van der Waals surface area contributed by atoms with Crippen LogP contribution >= 0.6 is 0 Å². The van der Waals surface area contributed by atoms with Gasteiger partial charge in [0.15, 0.2) is 18.5 Å². The second kappa shape index (κ2) is 5.33. The number of aliphatic hydroxyl groups is 3. The maximum Gasteiger partial charge on any atom is 0.292 e. The molecule has 16 heavy (non-hydrogen) atoms. The molecule has 6 nitrogen and oxygen atoms in total. The van der Waals surface area contributed by atoms with E-state index in [0.29, 0.717) is 0 Å². The molecule has 1 unspecified atom stereocenters. The molecule has 2 heterocycles. The van der Waals surface area contributed by atoms with Gasteiger partial charge in [-0.3, -0.25) is 0 Å². The van der Waals surface area contributed by atoms with E-state index in [1.807, 2.05) is 6.07 Å². The van der Waals surface area contributed by atoms with E-state index in [1.54, 1.807) is 29.1 Å². The van der Waals surface area contributed by atoms with E-state index in [0.717, 1.165) is 0 Å². The highest BCUT2D eigenvalue weighted by Gasteiger charge is 2.47. The molecule has 1 fully saturated rings. The van der Waals surface area contributed by atoms with Crippen molar-refractivity contribution < 1.29 is 30.1 Å². The van der Waals surface area contributed by atoms with Crippen LogP contribution in [0, 0.1) is 0 Å². The molecule has 1 aliphatic rings. The summed E-state index contributed by atoms with van der Waals surface area (Å²) < 4.78 is 6.99. The summed E-state index contributed by atoms with van der Waals surface area (Å²) in [6.07, 6.45) is 0.0408. The summed E-state index contributed by atoms with van der Waals surface area (Å²) in [7, 11) is 0. The third-order valence-electron chi connectivity index (χ3n) is 2.55. The average molecular weight is 229 g/mol. The molecule has 4 N–H and O–H groups in total. The highest BCUT2D eigenvalue weighted by molar-refractivity contribution is 4.87. The van der Waals surface area contributed by atoms with Gasteiger partial charge in [0.25, 0.3) is 6.23 Å². The first-order valence-corrected chi connectivity index (χ1v) is 4.82. The summed E-state index contributed by atoms with van der Waals surface area (Å²) >= 11 is 0. The SMILES string of the molecule is OC[C@H]1OC([n+]2ccccc2)[C@H](O)[C@@H]1O.[OH-]. The molecule has 0 amide bonds. The normalized spacial score (nSPS) is 33.4. The standard InChI is InChI=1S/C10H14NO4.H2O/c12-6-7-8(13)9(14)10(15-7)11-4-2-1-3-5-11;/h1-5,7-10,12-14H,6H2;1H2/q+1;/p-1/t7-,8-,9-,10?;/m1./s1. The van der Waals surface area contributed by atoms with Gasteiger partial charge in [0.2, 0.25) is 0 Å². The second-order valence-electron chi connectivity index (χ2n) is 3.55. The molecule has 1 aromatic rings. The van der Waals surface area contributed by atoms with Crippen LogP contribution in [0.5, 0.6) is 0 Å².